The van der Waals surface area contributed by atoms with Gasteiger partial charge in [0, 0.05) is 51.0 Å². The van der Waals surface area contributed by atoms with E-state index < -0.39 is 10.2 Å². The Morgan fingerprint density at radius 1 is 1.50 bits per heavy atom. The van der Waals surface area contributed by atoms with Gasteiger partial charge in [-0.05, 0) is 18.9 Å². The van der Waals surface area contributed by atoms with Crippen molar-refractivity contribution in [3.05, 3.63) is 18.0 Å². The standard InChI is InChI=1S/C12H23N5O2S/c1-16-11(5-7-14-16)6-8-15-20(18,19)17-9-3-2-4-12(17)10-13/h5,7,12,15H,2-4,6,8-10,13H2,1H3. The zero-order valence-corrected chi connectivity index (χ0v) is 12.6. The number of hydrogen-bond donors (Lipinski definition) is 2. The van der Waals surface area contributed by atoms with Crippen molar-refractivity contribution in [1.82, 2.24) is 18.8 Å². The number of nitrogens with one attached hydrogen (secondary N) is 1. The first kappa shape index (κ1) is 15.4. The minimum Gasteiger partial charge on any atom is -0.329 e. The van der Waals surface area contributed by atoms with Crippen molar-refractivity contribution < 1.29 is 8.42 Å². The second-order valence-corrected chi connectivity index (χ2v) is 6.80. The summed E-state index contributed by atoms with van der Waals surface area (Å²) in [6, 6.07) is 1.82. The van der Waals surface area contributed by atoms with Gasteiger partial charge in [-0.15, -0.1) is 0 Å². The molecule has 3 N–H and O–H groups in total. The fourth-order valence-electron chi connectivity index (χ4n) is 2.56. The van der Waals surface area contributed by atoms with E-state index >= 15 is 0 Å². The Balaban J connectivity index is 1.91. The quantitative estimate of drug-likeness (QED) is 0.748. The Hall–Kier alpha value is -0.960. The number of rotatable bonds is 6. The Labute approximate surface area is 120 Å². The van der Waals surface area contributed by atoms with Gasteiger partial charge in [-0.1, -0.05) is 6.42 Å². The summed E-state index contributed by atoms with van der Waals surface area (Å²) in [6.07, 6.45) is 5.12. The Morgan fingerprint density at radius 2 is 2.30 bits per heavy atom. The predicted molar refractivity (Wildman–Crippen MR) is 77.2 cm³/mol. The third kappa shape index (κ3) is 3.57. The fourth-order valence-corrected chi connectivity index (χ4v) is 4.04. The van der Waals surface area contributed by atoms with Gasteiger partial charge in [0.05, 0.1) is 0 Å². The van der Waals surface area contributed by atoms with Crippen LogP contribution in [0.3, 0.4) is 0 Å². The van der Waals surface area contributed by atoms with Crippen LogP contribution in [0, 0.1) is 0 Å². The molecule has 7 nitrogen and oxygen atoms in total. The van der Waals surface area contributed by atoms with E-state index in [9.17, 15) is 8.42 Å². The fraction of sp³-hybridized carbons (Fsp3) is 0.750. The van der Waals surface area contributed by atoms with Crippen LogP contribution in [0.15, 0.2) is 12.3 Å². The van der Waals surface area contributed by atoms with Crippen LogP contribution >= 0.6 is 0 Å². The highest BCUT2D eigenvalue weighted by Crippen LogP contribution is 2.18. The van der Waals surface area contributed by atoms with Crippen molar-refractivity contribution >= 4 is 10.2 Å². The van der Waals surface area contributed by atoms with E-state index in [1.54, 1.807) is 10.9 Å². The first-order chi connectivity index (χ1) is 9.54. The minimum atomic E-state index is -3.44. The van der Waals surface area contributed by atoms with E-state index in [4.69, 9.17) is 5.73 Å². The molecular formula is C12H23N5O2S. The van der Waals surface area contributed by atoms with Gasteiger partial charge >= 0.3 is 0 Å². The zero-order chi connectivity index (χ0) is 14.6. The molecule has 8 heteroatoms. The number of aromatic nitrogens is 2. The maximum Gasteiger partial charge on any atom is 0.279 e. The normalized spacial score (nSPS) is 21.2. The molecule has 20 heavy (non-hydrogen) atoms. The van der Waals surface area contributed by atoms with E-state index in [1.165, 1.54) is 4.31 Å². The van der Waals surface area contributed by atoms with Gasteiger partial charge in [0.15, 0.2) is 0 Å². The zero-order valence-electron chi connectivity index (χ0n) is 11.8. The van der Waals surface area contributed by atoms with Gasteiger partial charge < -0.3 is 5.73 Å². The number of hydrogen-bond acceptors (Lipinski definition) is 4. The molecular weight excluding hydrogens is 278 g/mol. The van der Waals surface area contributed by atoms with E-state index in [0.29, 0.717) is 26.1 Å². The third-order valence-electron chi connectivity index (χ3n) is 3.74. The van der Waals surface area contributed by atoms with Crippen molar-refractivity contribution in [1.29, 1.82) is 0 Å². The van der Waals surface area contributed by atoms with Crippen molar-refractivity contribution in [3.8, 4) is 0 Å². The SMILES string of the molecule is Cn1nccc1CCNS(=O)(=O)N1CCCCC1CN. The lowest BCUT2D eigenvalue weighted by Crippen LogP contribution is -2.51. The Morgan fingerprint density at radius 3 is 2.95 bits per heavy atom. The van der Waals surface area contributed by atoms with E-state index in [-0.39, 0.29) is 6.04 Å². The van der Waals surface area contributed by atoms with Gasteiger partial charge in [-0.3, -0.25) is 4.68 Å². The maximum absolute atomic E-state index is 12.3. The second-order valence-electron chi connectivity index (χ2n) is 5.09. The third-order valence-corrected chi connectivity index (χ3v) is 5.41. The lowest BCUT2D eigenvalue weighted by Gasteiger charge is -2.33. The van der Waals surface area contributed by atoms with Gasteiger partial charge in [0.1, 0.15) is 0 Å². The van der Waals surface area contributed by atoms with Crippen molar-refractivity contribution in [2.45, 2.75) is 31.7 Å². The molecule has 0 radical (unpaired) electrons. The van der Waals surface area contributed by atoms with E-state index in [2.05, 4.69) is 9.82 Å². The first-order valence-corrected chi connectivity index (χ1v) is 8.42. The summed E-state index contributed by atoms with van der Waals surface area (Å²) >= 11 is 0. The summed E-state index contributed by atoms with van der Waals surface area (Å²) < 4.78 is 30.5. The molecule has 1 aliphatic rings. The average Bonchev–Trinajstić information content (AvgIpc) is 2.84. The van der Waals surface area contributed by atoms with Gasteiger partial charge in [0.2, 0.25) is 0 Å². The van der Waals surface area contributed by atoms with Crippen LogP contribution in [-0.2, 0) is 23.7 Å². The van der Waals surface area contributed by atoms with Crippen LogP contribution in [0.25, 0.3) is 0 Å². The highest BCUT2D eigenvalue weighted by molar-refractivity contribution is 7.87. The van der Waals surface area contributed by atoms with Crippen molar-refractivity contribution in [2.75, 3.05) is 19.6 Å². The topological polar surface area (TPSA) is 93.2 Å². The summed E-state index contributed by atoms with van der Waals surface area (Å²) in [7, 11) is -1.59. The molecule has 1 aliphatic heterocycles. The van der Waals surface area contributed by atoms with Gasteiger partial charge in [0.25, 0.3) is 10.2 Å². The molecule has 1 atom stereocenters. The molecule has 0 saturated carbocycles. The van der Waals surface area contributed by atoms with Crippen molar-refractivity contribution in [3.63, 3.8) is 0 Å². The molecule has 0 aromatic carbocycles. The van der Waals surface area contributed by atoms with Gasteiger partial charge in [-0.25, -0.2) is 4.72 Å². The molecule has 1 unspecified atom stereocenters. The molecule has 2 heterocycles. The predicted octanol–water partition coefficient (Wildman–Crippen LogP) is -0.390. The smallest absolute Gasteiger partial charge is 0.279 e. The minimum absolute atomic E-state index is 0.0713. The molecule has 0 bridgehead atoms. The molecule has 1 aromatic rings. The number of nitrogens with two attached hydrogens (primary N) is 1. The van der Waals surface area contributed by atoms with E-state index in [1.807, 2.05) is 13.1 Å². The maximum atomic E-state index is 12.3. The van der Waals surface area contributed by atoms with Crippen LogP contribution < -0.4 is 10.5 Å². The molecule has 114 valence electrons. The van der Waals surface area contributed by atoms with Gasteiger partial charge in [-0.2, -0.15) is 17.8 Å². The van der Waals surface area contributed by atoms with Crippen LogP contribution in [0.2, 0.25) is 0 Å². The van der Waals surface area contributed by atoms with E-state index in [0.717, 1.165) is 25.0 Å². The molecule has 1 aromatic heterocycles. The largest absolute Gasteiger partial charge is 0.329 e. The number of piperidine rings is 1. The number of aryl methyl sites for hydroxylation is 1. The first-order valence-electron chi connectivity index (χ1n) is 6.98. The summed E-state index contributed by atoms with van der Waals surface area (Å²) in [5, 5.41) is 4.06. The second kappa shape index (κ2) is 6.66. The Bertz CT molecular complexity index is 528. The molecule has 0 amide bonds. The lowest BCUT2D eigenvalue weighted by molar-refractivity contribution is 0.254. The Kier molecular flexibility index (Phi) is 5.14. The summed E-state index contributed by atoms with van der Waals surface area (Å²) in [5.74, 6) is 0. The lowest BCUT2D eigenvalue weighted by atomic mass is 10.1. The summed E-state index contributed by atoms with van der Waals surface area (Å²) in [6.45, 7) is 1.31. The summed E-state index contributed by atoms with van der Waals surface area (Å²) in [5.41, 5.74) is 6.67. The van der Waals surface area contributed by atoms with Crippen molar-refractivity contribution in [2.24, 2.45) is 12.8 Å². The molecule has 0 spiro atoms. The molecule has 1 saturated heterocycles. The molecule has 1 fully saturated rings. The summed E-state index contributed by atoms with van der Waals surface area (Å²) in [4.78, 5) is 0. The van der Waals surface area contributed by atoms with Crippen LogP contribution in [-0.4, -0.2) is 48.2 Å². The highest BCUT2D eigenvalue weighted by atomic mass is 32.2. The molecule has 2 rings (SSSR count). The van der Waals surface area contributed by atoms with Crippen LogP contribution in [0.4, 0.5) is 0 Å². The average molecular weight is 301 g/mol. The highest BCUT2D eigenvalue weighted by Gasteiger charge is 2.30. The monoisotopic (exact) mass is 301 g/mol. The van der Waals surface area contributed by atoms with Crippen LogP contribution in [0.5, 0.6) is 0 Å². The number of nitrogens with zero attached hydrogens (tertiary/aromatic N) is 3. The molecule has 0 aliphatic carbocycles. The van der Waals surface area contributed by atoms with Crippen LogP contribution in [0.1, 0.15) is 25.0 Å².